The molecule has 0 unspecified atom stereocenters. The lowest BCUT2D eigenvalue weighted by Gasteiger charge is -2.31. The van der Waals surface area contributed by atoms with Crippen molar-refractivity contribution in [3.63, 3.8) is 0 Å². The number of H-pyrrole nitrogens is 1. The molecule has 4 N–H and O–H groups in total. The Morgan fingerprint density at radius 1 is 1.25 bits per heavy atom. The van der Waals surface area contributed by atoms with Crippen LogP contribution in [0.5, 0.6) is 5.75 Å². The van der Waals surface area contributed by atoms with Crippen LogP contribution in [0.15, 0.2) is 18.2 Å². The van der Waals surface area contributed by atoms with E-state index in [-0.39, 0.29) is 24.0 Å². The normalized spacial score (nSPS) is 25.0. The lowest BCUT2D eigenvalue weighted by Crippen LogP contribution is -2.43. The monoisotopic (exact) mass is 385 g/mol. The molecule has 1 aromatic carbocycles. The van der Waals surface area contributed by atoms with Crippen molar-refractivity contribution in [2.24, 2.45) is 5.73 Å². The number of amides is 2. The largest absolute Gasteiger partial charge is 0.497 e. The highest BCUT2D eigenvalue weighted by Crippen LogP contribution is 2.40. The third kappa shape index (κ3) is 3.58. The quantitative estimate of drug-likeness (QED) is 0.735. The minimum Gasteiger partial charge on any atom is -0.497 e. The highest BCUT2D eigenvalue weighted by Gasteiger charge is 2.32. The summed E-state index contributed by atoms with van der Waals surface area (Å²) in [6.45, 7) is 0.657. The Bertz CT molecular complexity index is 885. The van der Waals surface area contributed by atoms with Crippen LogP contribution in [-0.2, 0) is 9.53 Å². The van der Waals surface area contributed by atoms with E-state index in [9.17, 15) is 9.59 Å². The molecular weight excluding hydrogens is 358 g/mol. The van der Waals surface area contributed by atoms with Gasteiger partial charge in [0.05, 0.1) is 7.11 Å². The zero-order valence-electron chi connectivity index (χ0n) is 16.1. The summed E-state index contributed by atoms with van der Waals surface area (Å²) in [4.78, 5) is 27.7. The molecule has 7 nitrogen and oxygen atoms in total. The van der Waals surface area contributed by atoms with Gasteiger partial charge in [-0.1, -0.05) is 6.42 Å². The third-order valence-corrected chi connectivity index (χ3v) is 5.94. The van der Waals surface area contributed by atoms with Gasteiger partial charge in [0.2, 0.25) is 5.91 Å². The number of hydrogen-bond donors (Lipinski definition) is 3. The molecule has 2 aliphatic rings. The van der Waals surface area contributed by atoms with Crippen LogP contribution < -0.4 is 15.8 Å². The molecule has 1 saturated carbocycles. The molecule has 0 radical (unpaired) electrons. The van der Waals surface area contributed by atoms with E-state index in [1.807, 2.05) is 18.2 Å². The predicted octanol–water partition coefficient (Wildman–Crippen LogP) is 2.60. The number of hydrogen-bond acceptors (Lipinski definition) is 4. The number of nitrogens with one attached hydrogen (secondary N) is 2. The van der Waals surface area contributed by atoms with Gasteiger partial charge in [0, 0.05) is 23.6 Å². The Morgan fingerprint density at radius 2 is 2.11 bits per heavy atom. The van der Waals surface area contributed by atoms with E-state index in [0.29, 0.717) is 12.3 Å². The Kier molecular flexibility index (Phi) is 5.26. The minimum atomic E-state index is -0.462. The standard InChI is InChI=1S/C21H27N3O4/c1-27-14-7-8-16-15(11-14)18(19(24-16)20(22)25)12-4-2-5-13(10-12)23-21(26)17-6-3-9-28-17/h7-8,11-13,17,24H,2-6,9-10H2,1H3,(H2,22,25)(H,23,26)/t12-,13+,17+/m1/s1. The Labute approximate surface area is 163 Å². The van der Waals surface area contributed by atoms with Gasteiger partial charge >= 0.3 is 0 Å². The maximum atomic E-state index is 12.4. The molecule has 2 heterocycles. The Hall–Kier alpha value is -2.54. The SMILES string of the molecule is COc1ccc2[nH]c(C(N)=O)c([C@@H]3CCC[C@H](NC(=O)[C@@H]4CCCO4)C3)c2c1. The summed E-state index contributed by atoms with van der Waals surface area (Å²) in [5.74, 6) is 0.407. The van der Waals surface area contributed by atoms with Gasteiger partial charge < -0.3 is 25.5 Å². The second kappa shape index (κ2) is 7.83. The molecule has 1 aromatic heterocycles. The number of benzene rings is 1. The third-order valence-electron chi connectivity index (χ3n) is 5.94. The van der Waals surface area contributed by atoms with Crippen LogP contribution in [0.2, 0.25) is 0 Å². The number of fused-ring (bicyclic) bond motifs is 1. The highest BCUT2D eigenvalue weighted by atomic mass is 16.5. The highest BCUT2D eigenvalue weighted by molar-refractivity contribution is 6.01. The molecule has 1 aliphatic heterocycles. The molecule has 1 saturated heterocycles. The fourth-order valence-electron chi connectivity index (χ4n) is 4.60. The number of carbonyl (C=O) groups excluding carboxylic acids is 2. The predicted molar refractivity (Wildman–Crippen MR) is 105 cm³/mol. The van der Waals surface area contributed by atoms with E-state index in [1.165, 1.54) is 0 Å². The fourth-order valence-corrected chi connectivity index (χ4v) is 4.60. The number of carbonyl (C=O) groups is 2. The first kappa shape index (κ1) is 18.8. The maximum Gasteiger partial charge on any atom is 0.265 e. The molecule has 2 fully saturated rings. The first-order valence-electron chi connectivity index (χ1n) is 9.98. The van der Waals surface area contributed by atoms with Crippen molar-refractivity contribution in [3.05, 3.63) is 29.5 Å². The van der Waals surface area contributed by atoms with Crippen LogP contribution in [0, 0.1) is 0 Å². The van der Waals surface area contributed by atoms with Gasteiger partial charge in [-0.3, -0.25) is 9.59 Å². The van der Waals surface area contributed by atoms with Gasteiger partial charge in [-0.2, -0.15) is 0 Å². The van der Waals surface area contributed by atoms with Crippen LogP contribution in [0.4, 0.5) is 0 Å². The van der Waals surface area contributed by atoms with Crippen molar-refractivity contribution in [1.29, 1.82) is 0 Å². The fraction of sp³-hybridized carbons (Fsp3) is 0.524. The van der Waals surface area contributed by atoms with Crippen LogP contribution in [0.1, 0.15) is 60.5 Å². The molecule has 4 rings (SSSR count). The second-order valence-electron chi connectivity index (χ2n) is 7.76. The molecule has 7 heteroatoms. The van der Waals surface area contributed by atoms with Gasteiger partial charge in [-0.15, -0.1) is 0 Å². The van der Waals surface area contributed by atoms with Crippen LogP contribution >= 0.6 is 0 Å². The maximum absolute atomic E-state index is 12.4. The average molecular weight is 385 g/mol. The van der Waals surface area contributed by atoms with Crippen molar-refractivity contribution in [3.8, 4) is 5.75 Å². The zero-order chi connectivity index (χ0) is 19.7. The van der Waals surface area contributed by atoms with Crippen molar-refractivity contribution >= 4 is 22.7 Å². The van der Waals surface area contributed by atoms with E-state index in [1.54, 1.807) is 7.11 Å². The molecule has 2 amide bonds. The van der Waals surface area contributed by atoms with E-state index < -0.39 is 5.91 Å². The average Bonchev–Trinajstić information content (AvgIpc) is 3.35. The van der Waals surface area contributed by atoms with Crippen LogP contribution in [0.25, 0.3) is 10.9 Å². The first-order chi connectivity index (χ1) is 13.6. The van der Waals surface area contributed by atoms with Crippen molar-refractivity contribution in [1.82, 2.24) is 10.3 Å². The molecule has 28 heavy (non-hydrogen) atoms. The summed E-state index contributed by atoms with van der Waals surface area (Å²) < 4.78 is 10.9. The second-order valence-corrected chi connectivity index (χ2v) is 7.76. The molecule has 2 aromatic rings. The van der Waals surface area contributed by atoms with Gasteiger partial charge in [0.15, 0.2) is 0 Å². The number of primary amides is 1. The number of methoxy groups -OCH3 is 1. The number of aromatic amines is 1. The van der Waals surface area contributed by atoms with E-state index in [2.05, 4.69) is 10.3 Å². The van der Waals surface area contributed by atoms with Crippen molar-refractivity contribution in [2.75, 3.05) is 13.7 Å². The lowest BCUT2D eigenvalue weighted by atomic mass is 9.80. The van der Waals surface area contributed by atoms with Crippen molar-refractivity contribution < 1.29 is 19.1 Å². The topological polar surface area (TPSA) is 106 Å². The molecule has 0 bridgehead atoms. The summed E-state index contributed by atoms with van der Waals surface area (Å²) >= 11 is 0. The summed E-state index contributed by atoms with van der Waals surface area (Å²) in [7, 11) is 1.62. The summed E-state index contributed by atoms with van der Waals surface area (Å²) in [6.07, 6.45) is 5.06. The van der Waals surface area contributed by atoms with E-state index in [0.717, 1.165) is 60.7 Å². The smallest absolute Gasteiger partial charge is 0.265 e. The lowest BCUT2D eigenvalue weighted by molar-refractivity contribution is -0.131. The van der Waals surface area contributed by atoms with Gasteiger partial charge in [0.25, 0.3) is 5.91 Å². The van der Waals surface area contributed by atoms with Crippen molar-refractivity contribution in [2.45, 2.75) is 56.6 Å². The minimum absolute atomic E-state index is 0.0149. The number of ether oxygens (including phenoxy) is 2. The molecule has 150 valence electrons. The number of aromatic nitrogens is 1. The van der Waals surface area contributed by atoms with Crippen LogP contribution in [0.3, 0.4) is 0 Å². The molecule has 1 aliphatic carbocycles. The molecule has 3 atom stereocenters. The summed E-state index contributed by atoms with van der Waals surface area (Å²) in [5.41, 5.74) is 7.94. The summed E-state index contributed by atoms with van der Waals surface area (Å²) in [5, 5.41) is 4.12. The number of rotatable bonds is 5. The van der Waals surface area contributed by atoms with Crippen LogP contribution in [-0.4, -0.2) is 42.7 Å². The molecule has 0 spiro atoms. The Balaban J connectivity index is 1.60. The Morgan fingerprint density at radius 3 is 2.82 bits per heavy atom. The molecular formula is C21H27N3O4. The van der Waals surface area contributed by atoms with Gasteiger partial charge in [0.1, 0.15) is 17.5 Å². The zero-order valence-corrected chi connectivity index (χ0v) is 16.1. The van der Waals surface area contributed by atoms with Gasteiger partial charge in [-0.05, 0) is 61.8 Å². The van der Waals surface area contributed by atoms with E-state index >= 15 is 0 Å². The van der Waals surface area contributed by atoms with E-state index in [4.69, 9.17) is 15.2 Å². The first-order valence-corrected chi connectivity index (χ1v) is 9.98. The summed E-state index contributed by atoms with van der Waals surface area (Å²) in [6, 6.07) is 5.79. The number of nitrogens with two attached hydrogens (primary N) is 1. The van der Waals surface area contributed by atoms with Gasteiger partial charge in [-0.25, -0.2) is 0 Å².